The Morgan fingerprint density at radius 1 is 1.50 bits per heavy atom. The SMILES string of the molecule is COc1cc(C2=CC3CNCCC3C2)cnc1Br. The van der Waals surface area contributed by atoms with Crippen LogP contribution in [0.2, 0.25) is 0 Å². The first-order valence-corrected chi connectivity index (χ1v) is 7.18. The van der Waals surface area contributed by atoms with Crippen molar-refractivity contribution in [2.45, 2.75) is 12.8 Å². The van der Waals surface area contributed by atoms with Crippen LogP contribution < -0.4 is 10.1 Å². The zero-order valence-corrected chi connectivity index (χ0v) is 12.0. The van der Waals surface area contributed by atoms with E-state index in [0.29, 0.717) is 5.92 Å². The standard InChI is InChI=1S/C14H17BrN2O/c1-18-13-6-12(8-17-14(13)15)10-4-9-2-3-16-7-11(9)5-10/h5-6,8-9,11,16H,2-4,7H2,1H3. The van der Waals surface area contributed by atoms with E-state index in [0.717, 1.165) is 29.4 Å². The second kappa shape index (κ2) is 5.02. The Labute approximate surface area is 116 Å². The second-order valence-electron chi connectivity index (χ2n) is 5.03. The van der Waals surface area contributed by atoms with Crippen LogP contribution >= 0.6 is 15.9 Å². The zero-order valence-electron chi connectivity index (χ0n) is 10.4. The van der Waals surface area contributed by atoms with Gasteiger partial charge >= 0.3 is 0 Å². The van der Waals surface area contributed by atoms with Gasteiger partial charge in [0.25, 0.3) is 0 Å². The van der Waals surface area contributed by atoms with Gasteiger partial charge in [0.2, 0.25) is 0 Å². The zero-order chi connectivity index (χ0) is 12.5. The third kappa shape index (κ3) is 2.19. The van der Waals surface area contributed by atoms with Gasteiger partial charge in [-0.1, -0.05) is 6.08 Å². The quantitative estimate of drug-likeness (QED) is 0.853. The van der Waals surface area contributed by atoms with Crippen LogP contribution in [0.5, 0.6) is 5.75 Å². The molecule has 1 N–H and O–H groups in total. The van der Waals surface area contributed by atoms with Crippen LogP contribution in [-0.2, 0) is 0 Å². The number of halogens is 1. The second-order valence-corrected chi connectivity index (χ2v) is 5.78. The normalized spacial score (nSPS) is 26.7. The molecular weight excluding hydrogens is 292 g/mol. The fourth-order valence-electron chi connectivity index (χ4n) is 2.96. The van der Waals surface area contributed by atoms with Crippen LogP contribution in [0, 0.1) is 11.8 Å². The van der Waals surface area contributed by atoms with Gasteiger partial charge in [0.1, 0.15) is 4.60 Å². The maximum Gasteiger partial charge on any atom is 0.152 e. The summed E-state index contributed by atoms with van der Waals surface area (Å²) in [7, 11) is 1.68. The molecule has 0 aromatic carbocycles. The fourth-order valence-corrected chi connectivity index (χ4v) is 3.33. The number of pyridine rings is 1. The summed E-state index contributed by atoms with van der Waals surface area (Å²) in [5.74, 6) is 2.32. The number of aromatic nitrogens is 1. The van der Waals surface area contributed by atoms with Crippen LogP contribution in [0.1, 0.15) is 18.4 Å². The molecule has 18 heavy (non-hydrogen) atoms. The van der Waals surface area contributed by atoms with Crippen molar-refractivity contribution in [3.63, 3.8) is 0 Å². The largest absolute Gasteiger partial charge is 0.494 e. The third-order valence-corrected chi connectivity index (χ3v) is 4.57. The predicted octanol–water partition coefficient (Wildman–Crippen LogP) is 2.87. The molecule has 0 bridgehead atoms. The summed E-state index contributed by atoms with van der Waals surface area (Å²) in [4.78, 5) is 4.35. The van der Waals surface area contributed by atoms with E-state index in [1.807, 2.05) is 6.20 Å². The van der Waals surface area contributed by atoms with Gasteiger partial charge < -0.3 is 10.1 Å². The van der Waals surface area contributed by atoms with Gasteiger partial charge in [-0.3, -0.25) is 0 Å². The molecule has 2 aliphatic rings. The number of nitrogens with one attached hydrogen (secondary N) is 1. The Balaban J connectivity index is 1.87. The lowest BCUT2D eigenvalue weighted by Gasteiger charge is -2.25. The van der Waals surface area contributed by atoms with Gasteiger partial charge in [0.15, 0.2) is 5.75 Å². The first-order valence-electron chi connectivity index (χ1n) is 6.39. The Kier molecular flexibility index (Phi) is 3.39. The molecule has 1 aliphatic heterocycles. The molecule has 0 amide bonds. The van der Waals surface area contributed by atoms with Gasteiger partial charge in [-0.15, -0.1) is 0 Å². The summed E-state index contributed by atoms with van der Waals surface area (Å²) >= 11 is 3.39. The number of rotatable bonds is 2. The van der Waals surface area contributed by atoms with Crippen molar-refractivity contribution in [1.29, 1.82) is 0 Å². The minimum absolute atomic E-state index is 0.698. The van der Waals surface area contributed by atoms with Gasteiger partial charge in [0, 0.05) is 12.7 Å². The number of piperidine rings is 1. The molecule has 1 saturated heterocycles. The number of hydrogen-bond donors (Lipinski definition) is 1. The Bertz CT molecular complexity index is 487. The summed E-state index contributed by atoms with van der Waals surface area (Å²) in [6.45, 7) is 2.28. The summed E-state index contributed by atoms with van der Waals surface area (Å²) in [5, 5.41) is 3.47. The van der Waals surface area contributed by atoms with Crippen molar-refractivity contribution in [2.75, 3.05) is 20.2 Å². The predicted molar refractivity (Wildman–Crippen MR) is 75.5 cm³/mol. The first-order chi connectivity index (χ1) is 8.78. The number of fused-ring (bicyclic) bond motifs is 1. The van der Waals surface area contributed by atoms with E-state index < -0.39 is 0 Å². The van der Waals surface area contributed by atoms with Crippen LogP contribution in [0.15, 0.2) is 22.9 Å². The highest BCUT2D eigenvalue weighted by molar-refractivity contribution is 9.10. The molecule has 3 rings (SSSR count). The van der Waals surface area contributed by atoms with Crippen LogP contribution in [0.25, 0.3) is 5.57 Å². The van der Waals surface area contributed by atoms with Gasteiger partial charge in [0.05, 0.1) is 7.11 Å². The Morgan fingerprint density at radius 3 is 3.17 bits per heavy atom. The number of nitrogens with zero attached hydrogens (tertiary/aromatic N) is 1. The molecule has 1 aromatic heterocycles. The lowest BCUT2D eigenvalue weighted by atomic mass is 9.89. The molecular formula is C14H17BrN2O. The number of allylic oxidation sites excluding steroid dienone is 1. The molecule has 1 aliphatic carbocycles. The molecule has 1 fully saturated rings. The summed E-state index contributed by atoms with van der Waals surface area (Å²) in [6.07, 6.45) is 6.81. The van der Waals surface area contributed by atoms with Crippen LogP contribution in [-0.4, -0.2) is 25.2 Å². The molecule has 4 heteroatoms. The fraction of sp³-hybridized carbons (Fsp3) is 0.500. The van der Waals surface area contributed by atoms with E-state index >= 15 is 0 Å². The van der Waals surface area contributed by atoms with Crippen molar-refractivity contribution in [1.82, 2.24) is 10.3 Å². The molecule has 0 radical (unpaired) electrons. The highest BCUT2D eigenvalue weighted by atomic mass is 79.9. The van der Waals surface area contributed by atoms with Gasteiger partial charge in [-0.2, -0.15) is 0 Å². The number of hydrogen-bond acceptors (Lipinski definition) is 3. The summed E-state index contributed by atoms with van der Waals surface area (Å²) < 4.78 is 6.08. The lowest BCUT2D eigenvalue weighted by Crippen LogP contribution is -2.33. The van der Waals surface area contributed by atoms with Crippen molar-refractivity contribution in [3.8, 4) is 5.75 Å². The monoisotopic (exact) mass is 308 g/mol. The van der Waals surface area contributed by atoms with E-state index in [-0.39, 0.29) is 0 Å². The summed E-state index contributed by atoms with van der Waals surface area (Å²) in [6, 6.07) is 2.08. The molecule has 96 valence electrons. The topological polar surface area (TPSA) is 34.1 Å². The number of methoxy groups -OCH3 is 1. The third-order valence-electron chi connectivity index (χ3n) is 3.97. The first kappa shape index (κ1) is 12.2. The Hall–Kier alpha value is -0.870. The maximum absolute atomic E-state index is 5.31. The van der Waals surface area contributed by atoms with E-state index in [1.54, 1.807) is 7.11 Å². The molecule has 1 aromatic rings. The molecule has 0 spiro atoms. The highest BCUT2D eigenvalue weighted by Crippen LogP contribution is 2.40. The average molecular weight is 309 g/mol. The van der Waals surface area contributed by atoms with E-state index in [2.05, 4.69) is 38.4 Å². The number of ether oxygens (including phenoxy) is 1. The molecule has 0 saturated carbocycles. The van der Waals surface area contributed by atoms with Gasteiger partial charge in [-0.25, -0.2) is 4.98 Å². The van der Waals surface area contributed by atoms with Crippen molar-refractivity contribution >= 4 is 21.5 Å². The maximum atomic E-state index is 5.31. The van der Waals surface area contributed by atoms with E-state index in [9.17, 15) is 0 Å². The van der Waals surface area contributed by atoms with Crippen LogP contribution in [0.4, 0.5) is 0 Å². The van der Waals surface area contributed by atoms with Gasteiger partial charge in [-0.05, 0) is 64.4 Å². The molecule has 2 unspecified atom stereocenters. The lowest BCUT2D eigenvalue weighted by molar-refractivity contribution is 0.323. The molecule has 2 atom stereocenters. The van der Waals surface area contributed by atoms with Crippen LogP contribution in [0.3, 0.4) is 0 Å². The van der Waals surface area contributed by atoms with Crippen molar-refractivity contribution in [3.05, 3.63) is 28.5 Å². The smallest absolute Gasteiger partial charge is 0.152 e. The van der Waals surface area contributed by atoms with Crippen molar-refractivity contribution in [2.24, 2.45) is 11.8 Å². The highest BCUT2D eigenvalue weighted by Gasteiger charge is 2.30. The average Bonchev–Trinajstić information content (AvgIpc) is 2.83. The Morgan fingerprint density at radius 2 is 2.39 bits per heavy atom. The van der Waals surface area contributed by atoms with E-state index in [4.69, 9.17) is 4.74 Å². The minimum atomic E-state index is 0.698. The summed E-state index contributed by atoms with van der Waals surface area (Å²) in [5.41, 5.74) is 2.62. The molecule has 2 heterocycles. The minimum Gasteiger partial charge on any atom is -0.494 e. The van der Waals surface area contributed by atoms with E-state index in [1.165, 1.54) is 24.0 Å². The van der Waals surface area contributed by atoms with Crippen molar-refractivity contribution < 1.29 is 4.74 Å². The molecule has 3 nitrogen and oxygen atoms in total.